The molecule has 0 aromatic heterocycles. The zero-order valence-electron chi connectivity index (χ0n) is 13.4. The van der Waals surface area contributed by atoms with E-state index >= 15 is 0 Å². The van der Waals surface area contributed by atoms with Gasteiger partial charge in [-0.3, -0.25) is 0 Å². The van der Waals surface area contributed by atoms with E-state index in [-0.39, 0.29) is 0 Å². The Labute approximate surface area is 126 Å². The molecule has 118 valence electrons. The summed E-state index contributed by atoms with van der Waals surface area (Å²) >= 11 is 0. The van der Waals surface area contributed by atoms with E-state index in [9.17, 15) is 0 Å². The van der Waals surface area contributed by atoms with Crippen LogP contribution in [0.4, 0.5) is 0 Å². The van der Waals surface area contributed by atoms with Crippen molar-refractivity contribution in [3.63, 3.8) is 0 Å². The average Bonchev–Trinajstić information content (AvgIpc) is 2.94. The molecule has 1 N–H and O–H groups in total. The molecular formula is C18H35NO. The van der Waals surface area contributed by atoms with Gasteiger partial charge in [0.2, 0.25) is 0 Å². The first-order valence-electron chi connectivity index (χ1n) is 9.26. The molecule has 2 rings (SSSR count). The molecule has 1 unspecified atom stereocenters. The van der Waals surface area contributed by atoms with Crippen LogP contribution in [0.1, 0.15) is 83.5 Å². The van der Waals surface area contributed by atoms with Crippen LogP contribution in [0, 0.1) is 5.92 Å². The number of ether oxygens (including phenoxy) is 1. The molecule has 1 saturated heterocycles. The number of hydrogen-bond acceptors (Lipinski definition) is 2. The molecule has 0 aromatic rings. The Morgan fingerprint density at radius 2 is 1.35 bits per heavy atom. The van der Waals surface area contributed by atoms with Crippen LogP contribution in [0.25, 0.3) is 0 Å². The van der Waals surface area contributed by atoms with Gasteiger partial charge in [0.1, 0.15) is 0 Å². The molecule has 1 saturated carbocycles. The fourth-order valence-electron chi connectivity index (χ4n) is 3.67. The van der Waals surface area contributed by atoms with Crippen LogP contribution >= 0.6 is 0 Å². The summed E-state index contributed by atoms with van der Waals surface area (Å²) in [6.07, 6.45) is 18.5. The lowest BCUT2D eigenvalue weighted by Gasteiger charge is -2.20. The van der Waals surface area contributed by atoms with Crippen molar-refractivity contribution in [1.82, 2.24) is 5.32 Å². The first-order chi connectivity index (χ1) is 9.95. The topological polar surface area (TPSA) is 21.3 Å². The molecule has 0 aromatic carbocycles. The van der Waals surface area contributed by atoms with Crippen LogP contribution in [-0.2, 0) is 4.74 Å². The molecule has 2 nitrogen and oxygen atoms in total. The Morgan fingerprint density at radius 3 is 1.90 bits per heavy atom. The van der Waals surface area contributed by atoms with Crippen molar-refractivity contribution in [3.05, 3.63) is 0 Å². The van der Waals surface area contributed by atoms with E-state index in [1.807, 2.05) is 0 Å². The van der Waals surface area contributed by atoms with Crippen molar-refractivity contribution >= 4 is 0 Å². The van der Waals surface area contributed by atoms with Gasteiger partial charge < -0.3 is 10.1 Å². The fraction of sp³-hybridized carbons (Fsp3) is 1.00. The van der Waals surface area contributed by atoms with Gasteiger partial charge in [-0.05, 0) is 38.1 Å². The third kappa shape index (κ3) is 7.08. The first-order valence-corrected chi connectivity index (χ1v) is 9.26. The predicted octanol–water partition coefficient (Wildman–Crippen LogP) is 4.68. The highest BCUT2D eigenvalue weighted by molar-refractivity contribution is 4.71. The second-order valence-electron chi connectivity index (χ2n) is 6.93. The summed E-state index contributed by atoms with van der Waals surface area (Å²) in [7, 11) is 0. The summed E-state index contributed by atoms with van der Waals surface area (Å²) in [4.78, 5) is 0. The maximum atomic E-state index is 5.46. The van der Waals surface area contributed by atoms with Gasteiger partial charge in [0, 0.05) is 19.3 Å². The summed E-state index contributed by atoms with van der Waals surface area (Å²) < 4.78 is 5.46. The average molecular weight is 281 g/mol. The summed E-state index contributed by atoms with van der Waals surface area (Å²) in [5.74, 6) is 0.828. The molecule has 0 spiro atoms. The van der Waals surface area contributed by atoms with E-state index in [1.165, 1.54) is 90.0 Å². The molecule has 0 bridgehead atoms. The van der Waals surface area contributed by atoms with Gasteiger partial charge in [-0.1, -0.05) is 57.8 Å². The zero-order valence-corrected chi connectivity index (χ0v) is 13.4. The minimum atomic E-state index is 0.789. The van der Waals surface area contributed by atoms with Crippen LogP contribution in [-0.4, -0.2) is 25.8 Å². The lowest BCUT2D eigenvalue weighted by Crippen LogP contribution is -2.31. The van der Waals surface area contributed by atoms with Gasteiger partial charge in [0.25, 0.3) is 0 Å². The molecule has 2 fully saturated rings. The highest BCUT2D eigenvalue weighted by Gasteiger charge is 2.16. The van der Waals surface area contributed by atoms with Gasteiger partial charge >= 0.3 is 0 Å². The molecule has 20 heavy (non-hydrogen) atoms. The zero-order chi connectivity index (χ0) is 13.9. The highest BCUT2D eigenvalue weighted by atomic mass is 16.5. The molecule has 2 heteroatoms. The lowest BCUT2D eigenvalue weighted by atomic mass is 9.97. The van der Waals surface area contributed by atoms with Gasteiger partial charge in [-0.25, -0.2) is 0 Å². The second kappa shape index (κ2) is 10.6. The van der Waals surface area contributed by atoms with Crippen LogP contribution < -0.4 is 5.32 Å². The van der Waals surface area contributed by atoms with Gasteiger partial charge in [0.05, 0.1) is 0 Å². The molecule has 2 aliphatic rings. The normalized spacial score (nSPS) is 27.9. The third-order valence-corrected chi connectivity index (χ3v) is 5.11. The molecular weight excluding hydrogens is 246 g/mol. The Bertz CT molecular complexity index is 213. The van der Waals surface area contributed by atoms with Crippen molar-refractivity contribution in [1.29, 1.82) is 0 Å². The Morgan fingerprint density at radius 1 is 0.750 bits per heavy atom. The second-order valence-corrected chi connectivity index (χ2v) is 6.93. The maximum Gasteiger partial charge on any atom is 0.0495 e. The molecule has 0 radical (unpaired) electrons. The Kier molecular flexibility index (Phi) is 8.65. The molecule has 1 atom stereocenters. The molecule has 0 amide bonds. The van der Waals surface area contributed by atoms with Gasteiger partial charge in [0.15, 0.2) is 0 Å². The summed E-state index contributed by atoms with van der Waals surface area (Å²) in [6, 6.07) is 0.789. The summed E-state index contributed by atoms with van der Waals surface area (Å²) in [5.41, 5.74) is 0. The quantitative estimate of drug-likeness (QED) is 0.808. The largest absolute Gasteiger partial charge is 0.381 e. The number of rotatable bonds is 4. The smallest absolute Gasteiger partial charge is 0.0495 e. The molecule has 1 aliphatic carbocycles. The van der Waals surface area contributed by atoms with E-state index in [0.717, 1.165) is 25.2 Å². The summed E-state index contributed by atoms with van der Waals surface area (Å²) in [5, 5.41) is 3.84. The van der Waals surface area contributed by atoms with Crippen LogP contribution in [0.5, 0.6) is 0 Å². The van der Waals surface area contributed by atoms with E-state index in [2.05, 4.69) is 5.32 Å². The SMILES string of the molecule is C1CCCCCC(NCCC2CCOC2)CCCCC1. The van der Waals surface area contributed by atoms with Crippen molar-refractivity contribution in [2.24, 2.45) is 5.92 Å². The lowest BCUT2D eigenvalue weighted by molar-refractivity contribution is 0.183. The number of nitrogens with one attached hydrogen (secondary N) is 1. The maximum absolute atomic E-state index is 5.46. The predicted molar refractivity (Wildman–Crippen MR) is 86.1 cm³/mol. The van der Waals surface area contributed by atoms with Crippen molar-refractivity contribution < 1.29 is 4.74 Å². The first kappa shape index (κ1) is 16.3. The van der Waals surface area contributed by atoms with E-state index in [1.54, 1.807) is 0 Å². The fourth-order valence-corrected chi connectivity index (χ4v) is 3.67. The molecule has 1 heterocycles. The van der Waals surface area contributed by atoms with E-state index in [0.29, 0.717) is 0 Å². The van der Waals surface area contributed by atoms with Gasteiger partial charge in [-0.2, -0.15) is 0 Å². The standard InChI is InChI=1S/C18H35NO/c1-2-4-6-8-10-18(11-9-7-5-3-1)19-14-12-17-13-15-20-16-17/h17-19H,1-16H2. The monoisotopic (exact) mass is 281 g/mol. The third-order valence-electron chi connectivity index (χ3n) is 5.11. The summed E-state index contributed by atoms with van der Waals surface area (Å²) in [6.45, 7) is 3.21. The van der Waals surface area contributed by atoms with E-state index < -0.39 is 0 Å². The Balaban J connectivity index is 1.60. The van der Waals surface area contributed by atoms with E-state index in [4.69, 9.17) is 4.74 Å². The van der Waals surface area contributed by atoms with Crippen LogP contribution in [0.15, 0.2) is 0 Å². The van der Waals surface area contributed by atoms with Crippen molar-refractivity contribution in [2.75, 3.05) is 19.8 Å². The molecule has 1 aliphatic heterocycles. The Hall–Kier alpha value is -0.0800. The number of hydrogen-bond donors (Lipinski definition) is 1. The van der Waals surface area contributed by atoms with Crippen LogP contribution in [0.2, 0.25) is 0 Å². The van der Waals surface area contributed by atoms with Crippen molar-refractivity contribution in [2.45, 2.75) is 89.5 Å². The van der Waals surface area contributed by atoms with Crippen molar-refractivity contribution in [3.8, 4) is 0 Å². The minimum absolute atomic E-state index is 0.789. The highest BCUT2D eigenvalue weighted by Crippen LogP contribution is 2.18. The van der Waals surface area contributed by atoms with Gasteiger partial charge in [-0.15, -0.1) is 0 Å². The minimum Gasteiger partial charge on any atom is -0.381 e. The van der Waals surface area contributed by atoms with Crippen LogP contribution in [0.3, 0.4) is 0 Å².